The van der Waals surface area contributed by atoms with Crippen LogP contribution in [0.4, 0.5) is 0 Å². The first-order valence-corrected chi connectivity index (χ1v) is 8.09. The fourth-order valence-corrected chi connectivity index (χ4v) is 4.00. The molecule has 1 aromatic carbocycles. The van der Waals surface area contributed by atoms with E-state index >= 15 is 0 Å². The minimum absolute atomic E-state index is 0.222. The second-order valence-corrected chi connectivity index (χ2v) is 7.16. The number of carboxylic acid groups (broad SMARTS) is 1. The molecule has 0 heterocycles. The lowest BCUT2D eigenvalue weighted by Gasteiger charge is -2.24. The normalized spacial score (nSPS) is 12.1. The summed E-state index contributed by atoms with van der Waals surface area (Å²) in [4.78, 5) is 10.8. The lowest BCUT2D eigenvalue weighted by molar-refractivity contribution is -0.137. The third-order valence-corrected chi connectivity index (χ3v) is 5.23. The van der Waals surface area contributed by atoms with Crippen molar-refractivity contribution in [3.63, 3.8) is 0 Å². The molecule has 0 radical (unpaired) electrons. The third kappa shape index (κ3) is 4.59. The molecule has 1 N–H and O–H groups in total. The zero-order chi connectivity index (χ0) is 14.6. The molecular formula is C12H16BrNO4S. The summed E-state index contributed by atoms with van der Waals surface area (Å²) in [6.07, 6.45) is 0. The summed E-state index contributed by atoms with van der Waals surface area (Å²) in [6, 6.07) is 6.58. The molecular weight excluding hydrogens is 334 g/mol. The van der Waals surface area contributed by atoms with Crippen LogP contribution in [0.2, 0.25) is 0 Å². The highest BCUT2D eigenvalue weighted by Gasteiger charge is 2.27. The molecule has 1 rings (SSSR count). The van der Waals surface area contributed by atoms with E-state index in [1.165, 1.54) is 0 Å². The van der Waals surface area contributed by atoms with Crippen LogP contribution in [0.25, 0.3) is 0 Å². The van der Waals surface area contributed by atoms with E-state index in [0.717, 1.165) is 4.31 Å². The van der Waals surface area contributed by atoms with Gasteiger partial charge >= 0.3 is 5.97 Å². The van der Waals surface area contributed by atoms with Crippen LogP contribution < -0.4 is 0 Å². The van der Waals surface area contributed by atoms with E-state index in [0.29, 0.717) is 10.0 Å². The Morgan fingerprint density at radius 1 is 1.37 bits per heavy atom. The Bertz CT molecular complexity index is 557. The van der Waals surface area contributed by atoms with Crippen molar-refractivity contribution in [2.75, 3.05) is 6.54 Å². The van der Waals surface area contributed by atoms with Crippen molar-refractivity contribution in [3.8, 4) is 0 Å². The van der Waals surface area contributed by atoms with Crippen LogP contribution in [0.1, 0.15) is 19.4 Å². The predicted molar refractivity (Wildman–Crippen MR) is 76.2 cm³/mol. The van der Waals surface area contributed by atoms with Crippen LogP contribution in [-0.2, 0) is 20.6 Å². The molecule has 0 aliphatic rings. The fraction of sp³-hybridized carbons (Fsp3) is 0.417. The average molecular weight is 350 g/mol. The molecule has 0 bridgehead atoms. The van der Waals surface area contributed by atoms with Gasteiger partial charge in [0.25, 0.3) is 0 Å². The van der Waals surface area contributed by atoms with Gasteiger partial charge in [-0.05, 0) is 25.5 Å². The summed E-state index contributed by atoms with van der Waals surface area (Å²) in [5.74, 6) is -1.38. The van der Waals surface area contributed by atoms with Gasteiger partial charge in [0, 0.05) is 10.5 Å². The fourth-order valence-electron chi connectivity index (χ4n) is 1.63. The number of rotatable bonds is 6. The van der Waals surface area contributed by atoms with Gasteiger partial charge in [-0.1, -0.05) is 34.1 Å². The zero-order valence-corrected chi connectivity index (χ0v) is 13.1. The van der Waals surface area contributed by atoms with E-state index in [2.05, 4.69) is 15.9 Å². The molecule has 19 heavy (non-hydrogen) atoms. The highest BCUT2D eigenvalue weighted by molar-refractivity contribution is 9.10. The van der Waals surface area contributed by atoms with Crippen molar-refractivity contribution in [2.45, 2.75) is 25.6 Å². The van der Waals surface area contributed by atoms with E-state index in [1.54, 1.807) is 38.1 Å². The first-order chi connectivity index (χ1) is 8.74. The van der Waals surface area contributed by atoms with Gasteiger partial charge in [0.15, 0.2) is 0 Å². The number of halogens is 1. The Morgan fingerprint density at radius 2 is 1.95 bits per heavy atom. The molecule has 0 fully saturated rings. The summed E-state index contributed by atoms with van der Waals surface area (Å²) < 4.78 is 26.2. The van der Waals surface area contributed by atoms with E-state index < -0.39 is 28.6 Å². The largest absolute Gasteiger partial charge is 0.480 e. The number of carboxylic acids is 1. The van der Waals surface area contributed by atoms with Crippen LogP contribution in [-0.4, -0.2) is 36.4 Å². The van der Waals surface area contributed by atoms with Gasteiger partial charge in [0.05, 0.1) is 5.75 Å². The third-order valence-electron chi connectivity index (χ3n) is 2.52. The van der Waals surface area contributed by atoms with Crippen LogP contribution in [0.15, 0.2) is 28.7 Å². The Kier molecular flexibility index (Phi) is 5.51. The van der Waals surface area contributed by atoms with Crippen molar-refractivity contribution < 1.29 is 18.3 Å². The first-order valence-electron chi connectivity index (χ1n) is 5.68. The minimum atomic E-state index is -3.67. The van der Waals surface area contributed by atoms with E-state index in [4.69, 9.17) is 5.11 Å². The maximum Gasteiger partial charge on any atom is 0.318 e. The lowest BCUT2D eigenvalue weighted by atomic mass is 10.2. The number of nitrogens with zero attached hydrogens (tertiary/aromatic N) is 1. The van der Waals surface area contributed by atoms with Gasteiger partial charge in [-0.15, -0.1) is 0 Å². The Labute approximate surface area is 121 Å². The van der Waals surface area contributed by atoms with E-state index in [9.17, 15) is 13.2 Å². The van der Waals surface area contributed by atoms with Gasteiger partial charge in [-0.3, -0.25) is 4.79 Å². The molecule has 1 aromatic rings. The molecule has 0 amide bonds. The Hall–Kier alpha value is -0.920. The molecule has 106 valence electrons. The number of benzene rings is 1. The molecule has 0 unspecified atom stereocenters. The van der Waals surface area contributed by atoms with Crippen molar-refractivity contribution >= 4 is 31.9 Å². The van der Waals surface area contributed by atoms with Crippen LogP contribution >= 0.6 is 15.9 Å². The summed E-state index contributed by atoms with van der Waals surface area (Å²) in [7, 11) is -3.67. The molecule has 0 saturated carbocycles. The lowest BCUT2D eigenvalue weighted by Crippen LogP contribution is -2.41. The number of sulfonamides is 1. The SMILES string of the molecule is CC(C)N(CC(=O)O)S(=O)(=O)Cc1ccccc1Br. The highest BCUT2D eigenvalue weighted by Crippen LogP contribution is 2.21. The summed E-state index contributed by atoms with van der Waals surface area (Å²) in [5, 5.41) is 8.80. The molecule has 5 nitrogen and oxygen atoms in total. The molecule has 0 aliphatic carbocycles. The van der Waals surface area contributed by atoms with E-state index in [-0.39, 0.29) is 5.75 Å². The second-order valence-electron chi connectivity index (χ2n) is 4.38. The van der Waals surface area contributed by atoms with Crippen molar-refractivity contribution in [1.82, 2.24) is 4.31 Å². The molecule has 7 heteroatoms. The van der Waals surface area contributed by atoms with Gasteiger partial charge in [-0.2, -0.15) is 4.31 Å². The van der Waals surface area contributed by atoms with Crippen molar-refractivity contribution in [1.29, 1.82) is 0 Å². The van der Waals surface area contributed by atoms with Crippen LogP contribution in [0.5, 0.6) is 0 Å². The topological polar surface area (TPSA) is 74.7 Å². The van der Waals surface area contributed by atoms with Crippen LogP contribution in [0.3, 0.4) is 0 Å². The summed E-state index contributed by atoms with van der Waals surface area (Å²) in [6.45, 7) is 2.78. The Balaban J connectivity index is 3.02. The van der Waals surface area contributed by atoms with Gasteiger partial charge in [0.2, 0.25) is 10.0 Å². The highest BCUT2D eigenvalue weighted by atomic mass is 79.9. The number of hydrogen-bond acceptors (Lipinski definition) is 3. The molecule has 0 aliphatic heterocycles. The number of aliphatic carboxylic acids is 1. The first kappa shape index (κ1) is 16.1. The van der Waals surface area contributed by atoms with Gasteiger partial charge in [-0.25, -0.2) is 8.42 Å². The standard InChI is InChI=1S/C12H16BrNO4S/c1-9(2)14(7-12(15)16)19(17,18)8-10-5-3-4-6-11(10)13/h3-6,9H,7-8H2,1-2H3,(H,15,16). The number of carbonyl (C=O) groups is 1. The Morgan fingerprint density at radius 3 is 2.42 bits per heavy atom. The number of hydrogen-bond donors (Lipinski definition) is 1. The van der Waals surface area contributed by atoms with E-state index in [1.807, 2.05) is 0 Å². The second kappa shape index (κ2) is 6.49. The van der Waals surface area contributed by atoms with Gasteiger partial charge in [0.1, 0.15) is 6.54 Å². The van der Waals surface area contributed by atoms with Crippen molar-refractivity contribution in [2.24, 2.45) is 0 Å². The van der Waals surface area contributed by atoms with Crippen molar-refractivity contribution in [3.05, 3.63) is 34.3 Å². The average Bonchev–Trinajstić information content (AvgIpc) is 2.28. The minimum Gasteiger partial charge on any atom is -0.480 e. The monoisotopic (exact) mass is 349 g/mol. The summed E-state index contributed by atoms with van der Waals surface area (Å²) in [5.41, 5.74) is 0.610. The zero-order valence-electron chi connectivity index (χ0n) is 10.7. The maximum absolute atomic E-state index is 12.3. The summed E-state index contributed by atoms with van der Waals surface area (Å²) >= 11 is 3.29. The van der Waals surface area contributed by atoms with Crippen LogP contribution in [0, 0.1) is 0 Å². The molecule has 0 atom stereocenters. The predicted octanol–water partition coefficient (Wildman–Crippen LogP) is 2.07. The van der Waals surface area contributed by atoms with Gasteiger partial charge < -0.3 is 5.11 Å². The quantitative estimate of drug-likeness (QED) is 0.852. The molecule has 0 spiro atoms. The smallest absolute Gasteiger partial charge is 0.318 e. The maximum atomic E-state index is 12.3. The molecule has 0 saturated heterocycles. The molecule has 0 aromatic heterocycles.